The van der Waals surface area contributed by atoms with Crippen molar-refractivity contribution < 1.29 is 5.11 Å². The van der Waals surface area contributed by atoms with Crippen molar-refractivity contribution in [3.05, 3.63) is 0 Å². The molecule has 0 aliphatic heterocycles. The van der Waals surface area contributed by atoms with Crippen molar-refractivity contribution in [2.24, 2.45) is 29.6 Å². The van der Waals surface area contributed by atoms with Crippen LogP contribution in [0.25, 0.3) is 0 Å². The van der Waals surface area contributed by atoms with Crippen molar-refractivity contribution >= 4 is 0 Å². The molecule has 4 atom stereocenters. The Morgan fingerprint density at radius 1 is 1.00 bits per heavy atom. The molecule has 0 heterocycles. The van der Waals surface area contributed by atoms with Gasteiger partial charge in [0.2, 0.25) is 0 Å². The summed E-state index contributed by atoms with van der Waals surface area (Å²) in [5, 5.41) is 9.32. The third-order valence-electron chi connectivity index (χ3n) is 5.48. The highest BCUT2D eigenvalue weighted by Crippen LogP contribution is 2.36. The lowest BCUT2D eigenvalue weighted by atomic mass is 9.73. The molecule has 0 amide bonds. The summed E-state index contributed by atoms with van der Waals surface area (Å²) in [6.45, 7) is 9.83. The van der Waals surface area contributed by atoms with Crippen molar-refractivity contribution in [2.75, 3.05) is 6.61 Å². The molecule has 1 saturated carbocycles. The van der Waals surface area contributed by atoms with Crippen LogP contribution in [0.15, 0.2) is 0 Å². The number of hydrogen-bond acceptors (Lipinski definition) is 1. The van der Waals surface area contributed by atoms with Crippen molar-refractivity contribution in [3.63, 3.8) is 0 Å². The summed E-state index contributed by atoms with van der Waals surface area (Å²) < 4.78 is 0. The summed E-state index contributed by atoms with van der Waals surface area (Å²) in [5.41, 5.74) is 0. The van der Waals surface area contributed by atoms with E-state index in [9.17, 15) is 5.11 Å². The van der Waals surface area contributed by atoms with Crippen LogP contribution in [0.4, 0.5) is 0 Å². The predicted octanol–water partition coefficient (Wildman–Crippen LogP) is 5.66. The lowest BCUT2D eigenvalue weighted by Crippen LogP contribution is -2.25. The van der Waals surface area contributed by atoms with Crippen LogP contribution in [0.2, 0.25) is 0 Å². The lowest BCUT2D eigenvalue weighted by Gasteiger charge is -2.33. The average Bonchev–Trinajstić information content (AvgIpc) is 2.38. The summed E-state index contributed by atoms with van der Waals surface area (Å²) in [5.74, 6) is 4.05. The normalized spacial score (nSPS) is 28.8. The first-order valence-electron chi connectivity index (χ1n) is 9.13. The first-order chi connectivity index (χ1) is 9.52. The molecule has 0 spiro atoms. The standard InChI is InChI=1S/C19H38O/c1-15(2)7-5-8-16(3)9-6-10-18-11-12-19(14-20)17(4)13-18/h15-20H,5-14H2,1-4H3. The van der Waals surface area contributed by atoms with Crippen LogP contribution >= 0.6 is 0 Å². The third kappa shape index (κ3) is 7.11. The molecule has 1 rings (SSSR count). The van der Waals surface area contributed by atoms with Crippen LogP contribution in [-0.2, 0) is 0 Å². The van der Waals surface area contributed by atoms with E-state index in [0.29, 0.717) is 12.5 Å². The van der Waals surface area contributed by atoms with Gasteiger partial charge in [0.1, 0.15) is 0 Å². The van der Waals surface area contributed by atoms with Crippen LogP contribution in [-0.4, -0.2) is 11.7 Å². The zero-order valence-electron chi connectivity index (χ0n) is 14.4. The molecule has 0 aromatic carbocycles. The van der Waals surface area contributed by atoms with Gasteiger partial charge in [0, 0.05) is 6.61 Å². The first kappa shape index (κ1) is 18.0. The van der Waals surface area contributed by atoms with E-state index in [1.54, 1.807) is 0 Å². The Bertz CT molecular complexity index is 236. The van der Waals surface area contributed by atoms with Gasteiger partial charge in [-0.15, -0.1) is 0 Å². The minimum Gasteiger partial charge on any atom is -0.396 e. The van der Waals surface area contributed by atoms with E-state index < -0.39 is 0 Å². The summed E-state index contributed by atoms with van der Waals surface area (Å²) in [4.78, 5) is 0. The smallest absolute Gasteiger partial charge is 0.0461 e. The van der Waals surface area contributed by atoms with Gasteiger partial charge in [-0.05, 0) is 42.4 Å². The molecule has 1 heteroatoms. The number of hydrogen-bond donors (Lipinski definition) is 1. The fraction of sp³-hybridized carbons (Fsp3) is 1.00. The highest BCUT2D eigenvalue weighted by atomic mass is 16.3. The fourth-order valence-corrected chi connectivity index (χ4v) is 3.88. The predicted molar refractivity (Wildman–Crippen MR) is 88.8 cm³/mol. The maximum Gasteiger partial charge on any atom is 0.0461 e. The van der Waals surface area contributed by atoms with Gasteiger partial charge in [-0.2, -0.15) is 0 Å². The number of aliphatic hydroxyl groups excluding tert-OH is 1. The van der Waals surface area contributed by atoms with E-state index in [-0.39, 0.29) is 0 Å². The third-order valence-corrected chi connectivity index (χ3v) is 5.48. The Hall–Kier alpha value is -0.0400. The molecule has 0 aromatic heterocycles. The summed E-state index contributed by atoms with van der Waals surface area (Å²) in [7, 11) is 0. The Morgan fingerprint density at radius 3 is 2.30 bits per heavy atom. The minimum absolute atomic E-state index is 0.404. The van der Waals surface area contributed by atoms with Crippen LogP contribution in [0.5, 0.6) is 0 Å². The molecule has 0 radical (unpaired) electrons. The highest BCUT2D eigenvalue weighted by Gasteiger charge is 2.26. The van der Waals surface area contributed by atoms with Crippen molar-refractivity contribution in [3.8, 4) is 0 Å². The molecule has 1 N–H and O–H groups in total. The Balaban J connectivity index is 2.06. The zero-order valence-corrected chi connectivity index (χ0v) is 14.4. The highest BCUT2D eigenvalue weighted by molar-refractivity contribution is 4.77. The summed E-state index contributed by atoms with van der Waals surface area (Å²) >= 11 is 0. The van der Waals surface area contributed by atoms with Crippen LogP contribution in [0, 0.1) is 29.6 Å². The molecule has 20 heavy (non-hydrogen) atoms. The molecule has 120 valence electrons. The van der Waals surface area contributed by atoms with Gasteiger partial charge in [0.05, 0.1) is 0 Å². The van der Waals surface area contributed by atoms with Gasteiger partial charge in [-0.1, -0.05) is 72.6 Å². The molecule has 0 aromatic rings. The minimum atomic E-state index is 0.404. The molecule has 1 aliphatic rings. The second kappa shape index (κ2) is 9.82. The molecule has 0 saturated heterocycles. The van der Waals surface area contributed by atoms with Gasteiger partial charge in [-0.25, -0.2) is 0 Å². The number of rotatable bonds is 9. The van der Waals surface area contributed by atoms with Gasteiger partial charge in [0.15, 0.2) is 0 Å². The van der Waals surface area contributed by atoms with Gasteiger partial charge in [-0.3, -0.25) is 0 Å². The zero-order chi connectivity index (χ0) is 15.0. The Labute approximate surface area is 127 Å². The Morgan fingerprint density at radius 2 is 1.70 bits per heavy atom. The topological polar surface area (TPSA) is 20.2 Å². The monoisotopic (exact) mass is 282 g/mol. The van der Waals surface area contributed by atoms with Gasteiger partial charge >= 0.3 is 0 Å². The van der Waals surface area contributed by atoms with Crippen LogP contribution in [0.3, 0.4) is 0 Å². The molecule has 1 aliphatic carbocycles. The van der Waals surface area contributed by atoms with Gasteiger partial charge in [0.25, 0.3) is 0 Å². The fourth-order valence-electron chi connectivity index (χ4n) is 3.88. The molecule has 1 nitrogen and oxygen atoms in total. The van der Waals surface area contributed by atoms with E-state index in [4.69, 9.17) is 0 Å². The average molecular weight is 283 g/mol. The van der Waals surface area contributed by atoms with Crippen molar-refractivity contribution in [2.45, 2.75) is 85.5 Å². The Kier molecular flexibility index (Phi) is 8.84. The van der Waals surface area contributed by atoms with Gasteiger partial charge < -0.3 is 5.11 Å². The quantitative estimate of drug-likeness (QED) is 0.578. The molecule has 1 fully saturated rings. The summed E-state index contributed by atoms with van der Waals surface area (Å²) in [6.07, 6.45) is 12.5. The number of aliphatic hydroxyl groups is 1. The van der Waals surface area contributed by atoms with E-state index in [1.807, 2.05) is 0 Å². The molecular formula is C19H38O. The maximum absolute atomic E-state index is 9.32. The maximum atomic E-state index is 9.32. The van der Waals surface area contributed by atoms with Crippen LogP contribution in [0.1, 0.15) is 85.5 Å². The molecular weight excluding hydrogens is 244 g/mol. The second-order valence-electron chi connectivity index (χ2n) is 7.96. The van der Waals surface area contributed by atoms with Crippen molar-refractivity contribution in [1.82, 2.24) is 0 Å². The SMILES string of the molecule is CC(C)CCCC(C)CCCC1CCC(CO)C(C)C1. The summed E-state index contributed by atoms with van der Waals surface area (Å²) in [6, 6.07) is 0. The molecule has 4 unspecified atom stereocenters. The van der Waals surface area contributed by atoms with Crippen molar-refractivity contribution in [1.29, 1.82) is 0 Å². The van der Waals surface area contributed by atoms with E-state index >= 15 is 0 Å². The van der Waals surface area contributed by atoms with E-state index in [1.165, 1.54) is 57.8 Å². The lowest BCUT2D eigenvalue weighted by molar-refractivity contribution is 0.113. The van der Waals surface area contributed by atoms with Crippen LogP contribution < -0.4 is 0 Å². The van der Waals surface area contributed by atoms with E-state index in [0.717, 1.165) is 23.7 Å². The molecule has 0 bridgehead atoms. The first-order valence-corrected chi connectivity index (χ1v) is 9.13. The van der Waals surface area contributed by atoms with E-state index in [2.05, 4.69) is 27.7 Å². The second-order valence-corrected chi connectivity index (χ2v) is 7.96. The largest absolute Gasteiger partial charge is 0.396 e.